The van der Waals surface area contributed by atoms with Gasteiger partial charge in [-0.05, 0) is 19.8 Å². The Hall–Kier alpha value is -2.51. The Morgan fingerprint density at radius 2 is 2.08 bits per heavy atom. The van der Waals surface area contributed by atoms with Gasteiger partial charge in [0.05, 0.1) is 11.0 Å². The topological polar surface area (TPSA) is 90.0 Å². The van der Waals surface area contributed by atoms with Gasteiger partial charge in [-0.1, -0.05) is 13.8 Å². The highest BCUT2D eigenvalue weighted by molar-refractivity contribution is 5.45. The van der Waals surface area contributed by atoms with Gasteiger partial charge in [-0.25, -0.2) is 15.0 Å². The van der Waals surface area contributed by atoms with Crippen molar-refractivity contribution >= 4 is 11.6 Å². The molecule has 0 spiro atoms. The summed E-state index contributed by atoms with van der Waals surface area (Å²) < 4.78 is 2.26. The molecule has 2 fully saturated rings. The van der Waals surface area contributed by atoms with Gasteiger partial charge >= 0.3 is 5.69 Å². The SMILES string of the molecule is Cc1nc(N2CC(C)(C)C2c2nccn2C2CC2)ncc1[N+](=O)[O-]. The van der Waals surface area contributed by atoms with Gasteiger partial charge in [0.25, 0.3) is 0 Å². The fraction of sp³-hybridized carbons (Fsp3) is 0.562. The van der Waals surface area contributed by atoms with Gasteiger partial charge in [-0.2, -0.15) is 0 Å². The second kappa shape index (κ2) is 4.99. The molecule has 1 aliphatic heterocycles. The zero-order valence-electron chi connectivity index (χ0n) is 14.0. The number of hydrogen-bond donors (Lipinski definition) is 0. The van der Waals surface area contributed by atoms with Crippen molar-refractivity contribution in [2.45, 2.75) is 45.7 Å². The van der Waals surface area contributed by atoms with Crippen LogP contribution in [0.5, 0.6) is 0 Å². The first-order valence-electron chi connectivity index (χ1n) is 8.16. The maximum atomic E-state index is 11.0. The molecule has 8 heteroatoms. The molecule has 0 radical (unpaired) electrons. The van der Waals surface area contributed by atoms with Gasteiger partial charge in [-0.3, -0.25) is 10.1 Å². The monoisotopic (exact) mass is 328 g/mol. The highest BCUT2D eigenvalue weighted by atomic mass is 16.6. The van der Waals surface area contributed by atoms with Crippen LogP contribution in [0.2, 0.25) is 0 Å². The molecule has 1 saturated heterocycles. The Kier molecular flexibility index (Phi) is 3.13. The molecule has 8 nitrogen and oxygen atoms in total. The lowest BCUT2D eigenvalue weighted by atomic mass is 9.74. The zero-order chi connectivity index (χ0) is 17.1. The maximum Gasteiger partial charge on any atom is 0.308 e. The minimum atomic E-state index is -0.448. The lowest BCUT2D eigenvalue weighted by molar-refractivity contribution is -0.386. The highest BCUT2D eigenvalue weighted by Gasteiger charge is 2.50. The van der Waals surface area contributed by atoms with Crippen molar-refractivity contribution in [2.24, 2.45) is 5.41 Å². The molecular formula is C16H20N6O2. The van der Waals surface area contributed by atoms with E-state index in [-0.39, 0.29) is 17.1 Å². The van der Waals surface area contributed by atoms with Crippen LogP contribution in [0, 0.1) is 22.5 Å². The molecule has 0 bridgehead atoms. The van der Waals surface area contributed by atoms with Crippen LogP contribution in [0.15, 0.2) is 18.6 Å². The van der Waals surface area contributed by atoms with Gasteiger partial charge in [0.2, 0.25) is 5.95 Å². The van der Waals surface area contributed by atoms with E-state index >= 15 is 0 Å². The molecule has 2 aromatic heterocycles. The smallest absolute Gasteiger partial charge is 0.308 e. The molecule has 0 N–H and O–H groups in total. The summed E-state index contributed by atoms with van der Waals surface area (Å²) in [6.07, 6.45) is 7.59. The summed E-state index contributed by atoms with van der Waals surface area (Å²) in [7, 11) is 0. The number of nitrogens with zero attached hydrogens (tertiary/aromatic N) is 6. The van der Waals surface area contributed by atoms with E-state index in [1.807, 2.05) is 12.4 Å². The summed E-state index contributed by atoms with van der Waals surface area (Å²) in [6.45, 7) is 6.86. The molecule has 0 amide bonds. The largest absolute Gasteiger partial charge is 0.330 e. The van der Waals surface area contributed by atoms with Crippen LogP contribution in [0.4, 0.5) is 11.6 Å². The quantitative estimate of drug-likeness (QED) is 0.633. The van der Waals surface area contributed by atoms with Crippen LogP contribution in [0.1, 0.15) is 50.3 Å². The van der Waals surface area contributed by atoms with Crippen LogP contribution >= 0.6 is 0 Å². The van der Waals surface area contributed by atoms with E-state index in [1.54, 1.807) is 6.92 Å². The first-order chi connectivity index (χ1) is 11.4. The maximum absolute atomic E-state index is 11.0. The summed E-state index contributed by atoms with van der Waals surface area (Å²) in [5, 5.41) is 11.0. The minimum absolute atomic E-state index is 0.0467. The van der Waals surface area contributed by atoms with Crippen LogP contribution < -0.4 is 4.90 Å². The van der Waals surface area contributed by atoms with Gasteiger partial charge in [0.15, 0.2) is 0 Å². The first-order valence-corrected chi connectivity index (χ1v) is 8.16. The Balaban J connectivity index is 1.69. The van der Waals surface area contributed by atoms with Crippen molar-refractivity contribution in [1.82, 2.24) is 19.5 Å². The number of rotatable bonds is 4. The molecule has 2 aromatic rings. The van der Waals surface area contributed by atoms with Crippen molar-refractivity contribution < 1.29 is 4.92 Å². The van der Waals surface area contributed by atoms with Gasteiger partial charge in [0, 0.05) is 30.4 Å². The van der Waals surface area contributed by atoms with Crippen LogP contribution in [0.25, 0.3) is 0 Å². The van der Waals surface area contributed by atoms with Crippen molar-refractivity contribution in [3.8, 4) is 0 Å². The molecule has 1 atom stereocenters. The third-order valence-electron chi connectivity index (χ3n) is 4.91. The summed E-state index contributed by atoms with van der Waals surface area (Å²) in [5.74, 6) is 1.57. The zero-order valence-corrected chi connectivity index (χ0v) is 14.0. The summed E-state index contributed by atoms with van der Waals surface area (Å²) in [5.41, 5.74) is 0.394. The summed E-state index contributed by atoms with van der Waals surface area (Å²) in [4.78, 5) is 25.8. The van der Waals surface area contributed by atoms with E-state index in [2.05, 4.69) is 38.3 Å². The van der Waals surface area contributed by atoms with E-state index < -0.39 is 4.92 Å². The van der Waals surface area contributed by atoms with Crippen molar-refractivity contribution in [3.63, 3.8) is 0 Å². The molecule has 1 aliphatic carbocycles. The van der Waals surface area contributed by atoms with E-state index in [0.29, 0.717) is 17.7 Å². The third kappa shape index (κ3) is 2.24. The standard InChI is InChI=1S/C16H20N6O2/c1-10-12(22(23)24)8-18-15(19-10)21-9-16(2,3)13(21)14-17-6-7-20(14)11-4-5-11/h6-8,11,13H,4-5,9H2,1-3H3. The molecule has 1 unspecified atom stereocenters. The second-order valence-corrected chi connectivity index (χ2v) is 7.34. The lowest BCUT2D eigenvalue weighted by Crippen LogP contribution is -2.57. The Morgan fingerprint density at radius 3 is 2.67 bits per heavy atom. The van der Waals surface area contributed by atoms with Gasteiger partial charge in [-0.15, -0.1) is 0 Å². The Morgan fingerprint density at radius 1 is 1.33 bits per heavy atom. The lowest BCUT2D eigenvalue weighted by Gasteiger charge is -2.53. The van der Waals surface area contributed by atoms with E-state index in [1.165, 1.54) is 19.0 Å². The second-order valence-electron chi connectivity index (χ2n) is 7.34. The predicted octanol–water partition coefficient (Wildman–Crippen LogP) is 2.81. The summed E-state index contributed by atoms with van der Waals surface area (Å²) in [6, 6.07) is 0.634. The molecule has 126 valence electrons. The van der Waals surface area contributed by atoms with Gasteiger partial charge in [0.1, 0.15) is 17.7 Å². The number of aromatic nitrogens is 4. The van der Waals surface area contributed by atoms with E-state index in [4.69, 9.17) is 0 Å². The normalized spacial score (nSPS) is 22.3. The van der Waals surface area contributed by atoms with Gasteiger partial charge < -0.3 is 9.47 Å². The average molecular weight is 328 g/mol. The predicted molar refractivity (Wildman–Crippen MR) is 87.8 cm³/mol. The van der Waals surface area contributed by atoms with Crippen LogP contribution in [-0.4, -0.2) is 31.0 Å². The molecule has 2 aliphatic rings. The summed E-state index contributed by atoms with van der Waals surface area (Å²) >= 11 is 0. The van der Waals surface area contributed by atoms with Crippen molar-refractivity contribution in [3.05, 3.63) is 40.2 Å². The van der Waals surface area contributed by atoms with Crippen LogP contribution in [0.3, 0.4) is 0 Å². The molecule has 0 aromatic carbocycles. The Bertz CT molecular complexity index is 811. The average Bonchev–Trinajstić information content (AvgIpc) is 3.24. The molecule has 4 rings (SSSR count). The molecule has 1 saturated carbocycles. The van der Waals surface area contributed by atoms with Crippen LogP contribution in [-0.2, 0) is 0 Å². The number of aryl methyl sites for hydroxylation is 1. The molecule has 3 heterocycles. The third-order valence-corrected chi connectivity index (χ3v) is 4.91. The van der Waals surface area contributed by atoms with Crippen molar-refractivity contribution in [1.29, 1.82) is 0 Å². The Labute approximate surface area is 139 Å². The number of nitro groups is 1. The highest BCUT2D eigenvalue weighted by Crippen LogP contribution is 2.50. The number of imidazole rings is 1. The fourth-order valence-corrected chi connectivity index (χ4v) is 3.57. The van der Waals surface area contributed by atoms with E-state index in [9.17, 15) is 10.1 Å². The van der Waals surface area contributed by atoms with E-state index in [0.717, 1.165) is 12.4 Å². The number of anilines is 1. The van der Waals surface area contributed by atoms with Crippen molar-refractivity contribution in [2.75, 3.05) is 11.4 Å². The minimum Gasteiger partial charge on any atom is -0.330 e. The molecular weight excluding hydrogens is 308 g/mol. The fourth-order valence-electron chi connectivity index (χ4n) is 3.57. The number of hydrogen-bond acceptors (Lipinski definition) is 6. The molecule has 24 heavy (non-hydrogen) atoms. The first kappa shape index (κ1) is 15.0.